The summed E-state index contributed by atoms with van der Waals surface area (Å²) in [6, 6.07) is 14.7. The molecule has 0 saturated carbocycles. The molecular formula is C23H23N3O6. The van der Waals surface area contributed by atoms with Crippen LogP contribution in [0.2, 0.25) is 0 Å². The number of aromatic nitrogens is 2. The molecule has 9 heteroatoms. The largest absolute Gasteiger partial charge is 0.497 e. The second-order valence-corrected chi connectivity index (χ2v) is 6.79. The Morgan fingerprint density at radius 3 is 2.41 bits per heavy atom. The molecule has 1 N–H and O–H groups in total. The Bertz CT molecular complexity index is 1170. The number of para-hydroxylation sites is 1. The third-order valence-electron chi connectivity index (χ3n) is 4.55. The second kappa shape index (κ2) is 10.3. The number of hydrogen-bond acceptors (Lipinski definition) is 7. The average Bonchev–Trinajstić information content (AvgIpc) is 2.79. The lowest BCUT2D eigenvalue weighted by atomic mass is 10.2. The summed E-state index contributed by atoms with van der Waals surface area (Å²) in [5.41, 5.74) is 0.618. The lowest BCUT2D eigenvalue weighted by Gasteiger charge is -2.14. The third-order valence-corrected chi connectivity index (χ3v) is 4.55. The van der Waals surface area contributed by atoms with Crippen LogP contribution in [0.25, 0.3) is 0 Å². The Balaban J connectivity index is 1.78. The van der Waals surface area contributed by atoms with Gasteiger partial charge in [0.2, 0.25) is 5.91 Å². The summed E-state index contributed by atoms with van der Waals surface area (Å²) in [4.78, 5) is 41.5. The highest BCUT2D eigenvalue weighted by Gasteiger charge is 2.16. The zero-order chi connectivity index (χ0) is 23.1. The summed E-state index contributed by atoms with van der Waals surface area (Å²) >= 11 is 0. The van der Waals surface area contributed by atoms with Gasteiger partial charge in [0.1, 0.15) is 30.5 Å². The van der Waals surface area contributed by atoms with E-state index < -0.39 is 11.9 Å². The van der Waals surface area contributed by atoms with Crippen molar-refractivity contribution in [3.05, 3.63) is 82.0 Å². The maximum absolute atomic E-state index is 12.7. The van der Waals surface area contributed by atoms with E-state index in [1.807, 2.05) is 0 Å². The number of amides is 1. The number of nitrogens with zero attached hydrogens (tertiary/aromatic N) is 2. The molecule has 0 spiro atoms. The zero-order valence-corrected chi connectivity index (χ0v) is 18.0. The van der Waals surface area contributed by atoms with Gasteiger partial charge in [-0.25, -0.2) is 9.78 Å². The van der Waals surface area contributed by atoms with E-state index in [2.05, 4.69) is 10.3 Å². The van der Waals surface area contributed by atoms with E-state index >= 15 is 0 Å². The van der Waals surface area contributed by atoms with Gasteiger partial charge < -0.3 is 19.5 Å². The van der Waals surface area contributed by atoms with Crippen LogP contribution in [0, 0.1) is 6.92 Å². The van der Waals surface area contributed by atoms with Crippen molar-refractivity contribution in [2.24, 2.45) is 0 Å². The number of ether oxygens (including phenoxy) is 3. The number of carbonyl (C=O) groups excluding carboxylic acids is 2. The molecule has 0 radical (unpaired) electrons. The fourth-order valence-corrected chi connectivity index (χ4v) is 2.99. The molecule has 0 aliphatic carbocycles. The van der Waals surface area contributed by atoms with Crippen LogP contribution in [-0.4, -0.2) is 35.6 Å². The molecule has 0 fully saturated rings. The molecule has 9 nitrogen and oxygen atoms in total. The fraction of sp³-hybridized carbons (Fsp3) is 0.217. The van der Waals surface area contributed by atoms with Crippen molar-refractivity contribution in [3.8, 4) is 11.5 Å². The normalized spacial score (nSPS) is 10.3. The maximum atomic E-state index is 12.7. The monoisotopic (exact) mass is 437 g/mol. The molecule has 1 amide bonds. The van der Waals surface area contributed by atoms with E-state index in [9.17, 15) is 14.4 Å². The molecule has 0 atom stereocenters. The lowest BCUT2D eigenvalue weighted by Crippen LogP contribution is -2.32. The summed E-state index contributed by atoms with van der Waals surface area (Å²) < 4.78 is 16.8. The fourth-order valence-electron chi connectivity index (χ4n) is 2.99. The summed E-state index contributed by atoms with van der Waals surface area (Å²) in [7, 11) is 2.83. The van der Waals surface area contributed by atoms with Crippen molar-refractivity contribution < 1.29 is 23.8 Å². The van der Waals surface area contributed by atoms with Crippen molar-refractivity contribution in [1.29, 1.82) is 0 Å². The summed E-state index contributed by atoms with van der Waals surface area (Å²) in [6.45, 7) is 1.37. The Morgan fingerprint density at radius 1 is 1.03 bits per heavy atom. The van der Waals surface area contributed by atoms with Crippen LogP contribution in [0.4, 0.5) is 5.69 Å². The van der Waals surface area contributed by atoms with Gasteiger partial charge in [-0.15, -0.1) is 0 Å². The van der Waals surface area contributed by atoms with Crippen LogP contribution < -0.4 is 20.3 Å². The number of methoxy groups -OCH3 is 2. The smallest absolute Gasteiger partial charge is 0.339 e. The third kappa shape index (κ3) is 5.51. The summed E-state index contributed by atoms with van der Waals surface area (Å²) in [5.74, 6) is 0.460. The highest BCUT2D eigenvalue weighted by atomic mass is 16.5. The number of rotatable bonds is 8. The van der Waals surface area contributed by atoms with Crippen LogP contribution in [0.1, 0.15) is 21.9 Å². The van der Waals surface area contributed by atoms with Gasteiger partial charge in [-0.1, -0.05) is 12.1 Å². The molecule has 1 heterocycles. The standard InChI is InChI=1S/C23H23N3O6/c1-15-12-22(28)26(20(24-15)14-32-17-10-8-16(30-2)9-11-17)13-21(27)25-19-7-5-4-6-18(19)23(29)31-3/h4-12H,13-14H2,1-3H3,(H,25,27). The second-order valence-electron chi connectivity index (χ2n) is 6.79. The van der Waals surface area contributed by atoms with E-state index in [4.69, 9.17) is 14.2 Å². The van der Waals surface area contributed by atoms with E-state index in [1.165, 1.54) is 23.8 Å². The van der Waals surface area contributed by atoms with Gasteiger partial charge in [0.25, 0.3) is 5.56 Å². The molecule has 3 aromatic rings. The highest BCUT2D eigenvalue weighted by Crippen LogP contribution is 2.18. The first kappa shape index (κ1) is 22.5. The van der Waals surface area contributed by atoms with Crippen molar-refractivity contribution in [2.45, 2.75) is 20.1 Å². The van der Waals surface area contributed by atoms with E-state index in [0.29, 0.717) is 23.0 Å². The van der Waals surface area contributed by atoms with Crippen molar-refractivity contribution >= 4 is 17.6 Å². The first-order valence-electron chi connectivity index (χ1n) is 9.72. The Hall–Kier alpha value is -4.14. The number of hydrogen-bond donors (Lipinski definition) is 1. The van der Waals surface area contributed by atoms with Gasteiger partial charge in [0.05, 0.1) is 25.5 Å². The van der Waals surface area contributed by atoms with Crippen LogP contribution in [0.15, 0.2) is 59.4 Å². The van der Waals surface area contributed by atoms with E-state index in [1.54, 1.807) is 56.5 Å². The molecule has 0 aliphatic heterocycles. The van der Waals surface area contributed by atoms with Crippen LogP contribution >= 0.6 is 0 Å². The average molecular weight is 437 g/mol. The number of aryl methyl sites for hydroxylation is 1. The Kier molecular flexibility index (Phi) is 7.22. The number of nitrogens with one attached hydrogen (secondary N) is 1. The minimum atomic E-state index is -0.580. The first-order valence-corrected chi connectivity index (χ1v) is 9.72. The highest BCUT2D eigenvalue weighted by molar-refractivity contribution is 6.01. The first-order chi connectivity index (χ1) is 15.4. The predicted octanol–water partition coefficient (Wildman–Crippen LogP) is 2.56. The Morgan fingerprint density at radius 2 is 1.72 bits per heavy atom. The van der Waals surface area contributed by atoms with Gasteiger partial charge in [-0.2, -0.15) is 0 Å². The van der Waals surface area contributed by atoms with Gasteiger partial charge in [-0.05, 0) is 43.3 Å². The molecule has 0 bridgehead atoms. The Labute approximate surface area is 184 Å². The van der Waals surface area contributed by atoms with Crippen LogP contribution in [-0.2, 0) is 22.7 Å². The number of carbonyl (C=O) groups is 2. The molecule has 3 rings (SSSR count). The number of benzene rings is 2. The van der Waals surface area contributed by atoms with Crippen molar-refractivity contribution in [1.82, 2.24) is 9.55 Å². The van der Waals surface area contributed by atoms with Gasteiger partial charge in [0.15, 0.2) is 0 Å². The van der Waals surface area contributed by atoms with E-state index in [-0.39, 0.29) is 30.0 Å². The van der Waals surface area contributed by atoms with Gasteiger partial charge in [-0.3, -0.25) is 14.2 Å². The van der Waals surface area contributed by atoms with E-state index in [0.717, 1.165) is 0 Å². The lowest BCUT2D eigenvalue weighted by molar-refractivity contribution is -0.116. The summed E-state index contributed by atoms with van der Waals surface area (Å²) in [6.07, 6.45) is 0. The molecule has 0 aliphatic rings. The topological polar surface area (TPSA) is 109 Å². The van der Waals surface area contributed by atoms with Crippen molar-refractivity contribution in [3.63, 3.8) is 0 Å². The van der Waals surface area contributed by atoms with Crippen LogP contribution in [0.3, 0.4) is 0 Å². The molecule has 1 aromatic heterocycles. The molecule has 0 unspecified atom stereocenters. The summed E-state index contributed by atoms with van der Waals surface area (Å²) in [5, 5.41) is 2.65. The number of esters is 1. The van der Waals surface area contributed by atoms with Gasteiger partial charge in [0, 0.05) is 11.8 Å². The molecule has 2 aromatic carbocycles. The quantitative estimate of drug-likeness (QED) is 0.540. The zero-order valence-electron chi connectivity index (χ0n) is 18.0. The van der Waals surface area contributed by atoms with Crippen LogP contribution in [0.5, 0.6) is 11.5 Å². The maximum Gasteiger partial charge on any atom is 0.339 e. The molecule has 32 heavy (non-hydrogen) atoms. The minimum Gasteiger partial charge on any atom is -0.497 e. The predicted molar refractivity (Wildman–Crippen MR) is 117 cm³/mol. The molecule has 0 saturated heterocycles. The SMILES string of the molecule is COC(=O)c1ccccc1NC(=O)Cn1c(COc2ccc(OC)cc2)nc(C)cc1=O. The molecular weight excluding hydrogens is 414 g/mol. The molecule has 166 valence electrons. The number of anilines is 1. The minimum absolute atomic E-state index is 0.0186. The van der Waals surface area contributed by atoms with Crippen molar-refractivity contribution in [2.75, 3.05) is 19.5 Å². The van der Waals surface area contributed by atoms with Gasteiger partial charge >= 0.3 is 5.97 Å².